The average molecular weight is 512 g/mol. The number of anilines is 2. The van der Waals surface area contributed by atoms with Crippen LogP contribution in [0.4, 0.5) is 29.2 Å². The second kappa shape index (κ2) is 10.9. The predicted octanol–water partition coefficient (Wildman–Crippen LogP) is 2.17. The molecule has 4 rings (SSSR count). The van der Waals surface area contributed by atoms with Gasteiger partial charge in [-0.1, -0.05) is 6.07 Å². The van der Waals surface area contributed by atoms with E-state index >= 15 is 4.39 Å². The highest BCUT2D eigenvalue weighted by Gasteiger charge is 2.33. The Balaban J connectivity index is 1.45. The fraction of sp³-hybridized carbons (Fsp3) is 0.565. The molecule has 1 aliphatic heterocycles. The van der Waals surface area contributed by atoms with E-state index in [9.17, 15) is 23.1 Å². The number of piperidine rings is 1. The molecule has 36 heavy (non-hydrogen) atoms. The monoisotopic (exact) mass is 511 g/mol. The molecule has 2 aromatic rings. The number of amides is 1. The van der Waals surface area contributed by atoms with Crippen LogP contribution in [-0.2, 0) is 17.5 Å². The predicted molar refractivity (Wildman–Crippen MR) is 123 cm³/mol. The van der Waals surface area contributed by atoms with E-state index in [4.69, 9.17) is 5.73 Å². The molecule has 0 aromatic carbocycles. The van der Waals surface area contributed by atoms with E-state index in [1.807, 2.05) is 0 Å². The zero-order valence-corrected chi connectivity index (χ0v) is 19.6. The summed E-state index contributed by atoms with van der Waals surface area (Å²) >= 11 is 0. The highest BCUT2D eigenvalue weighted by molar-refractivity contribution is 5.75. The van der Waals surface area contributed by atoms with Crippen LogP contribution >= 0.6 is 0 Å². The molecule has 2 fully saturated rings. The van der Waals surface area contributed by atoms with Gasteiger partial charge >= 0.3 is 6.18 Å². The first-order valence-electron chi connectivity index (χ1n) is 11.8. The first kappa shape index (κ1) is 26.0. The van der Waals surface area contributed by atoms with Crippen LogP contribution in [0, 0.1) is 11.7 Å². The van der Waals surface area contributed by atoms with E-state index in [1.54, 1.807) is 9.80 Å². The van der Waals surface area contributed by atoms with E-state index in [1.165, 1.54) is 12.4 Å². The van der Waals surface area contributed by atoms with E-state index < -0.39 is 29.7 Å². The number of halogens is 4. The number of aromatic nitrogens is 3. The second-order valence-electron chi connectivity index (χ2n) is 9.32. The Morgan fingerprint density at radius 3 is 2.58 bits per heavy atom. The van der Waals surface area contributed by atoms with E-state index in [2.05, 4.69) is 20.3 Å². The zero-order valence-electron chi connectivity index (χ0n) is 19.6. The van der Waals surface area contributed by atoms with E-state index in [0.717, 1.165) is 31.5 Å². The third kappa shape index (κ3) is 6.19. The van der Waals surface area contributed by atoms with Crippen LogP contribution in [0.3, 0.4) is 0 Å². The van der Waals surface area contributed by atoms with Crippen molar-refractivity contribution in [3.63, 3.8) is 0 Å². The summed E-state index contributed by atoms with van der Waals surface area (Å²) in [5, 5.41) is 13.4. The lowest BCUT2D eigenvalue weighted by molar-refractivity contribution is -0.141. The van der Waals surface area contributed by atoms with Crippen molar-refractivity contribution in [3.8, 4) is 0 Å². The van der Waals surface area contributed by atoms with Crippen LogP contribution in [0.2, 0.25) is 0 Å². The van der Waals surface area contributed by atoms with Gasteiger partial charge in [-0.25, -0.2) is 9.97 Å². The summed E-state index contributed by atoms with van der Waals surface area (Å²) in [7, 11) is 0. The number of carbonyl (C=O) groups is 1. The number of hydrogen-bond donors (Lipinski definition) is 3. The smallest absolute Gasteiger partial charge is 0.391 e. The molecule has 3 heterocycles. The van der Waals surface area contributed by atoms with Crippen molar-refractivity contribution in [1.29, 1.82) is 0 Å². The molecule has 0 bridgehead atoms. The number of alkyl halides is 3. The maximum absolute atomic E-state index is 15.5. The van der Waals surface area contributed by atoms with Crippen molar-refractivity contribution in [2.24, 2.45) is 11.7 Å². The number of nitrogens with two attached hydrogens (primary N) is 1. The van der Waals surface area contributed by atoms with Gasteiger partial charge in [-0.15, -0.1) is 0 Å². The van der Waals surface area contributed by atoms with Crippen LogP contribution in [0.15, 0.2) is 24.7 Å². The average Bonchev–Trinajstić information content (AvgIpc) is 2.77. The number of rotatable bonds is 9. The summed E-state index contributed by atoms with van der Waals surface area (Å²) in [4.78, 5) is 26.3. The Morgan fingerprint density at radius 2 is 2.00 bits per heavy atom. The molecule has 2 atom stereocenters. The minimum atomic E-state index is -4.53. The minimum absolute atomic E-state index is 0.000878. The van der Waals surface area contributed by atoms with Gasteiger partial charge in [0.15, 0.2) is 11.6 Å². The number of aliphatic hydroxyl groups is 1. The molecule has 0 radical (unpaired) electrons. The van der Waals surface area contributed by atoms with Crippen molar-refractivity contribution in [3.05, 3.63) is 41.7 Å². The Morgan fingerprint density at radius 1 is 1.22 bits per heavy atom. The number of nitrogens with zero attached hydrogens (tertiary/aromatic N) is 5. The van der Waals surface area contributed by atoms with Crippen molar-refractivity contribution in [2.75, 3.05) is 36.4 Å². The van der Waals surface area contributed by atoms with Gasteiger partial charge in [0.2, 0.25) is 11.7 Å². The van der Waals surface area contributed by atoms with Gasteiger partial charge in [0.05, 0.1) is 12.6 Å². The number of nitrogens with one attached hydrogen (secondary N) is 1. The number of β-amino-alcohol motifs (C(OH)–C–C–N with tert-alkyl or cyclic N) is 1. The first-order valence-corrected chi connectivity index (χ1v) is 11.8. The molecule has 4 N–H and O–H groups in total. The minimum Gasteiger partial charge on any atom is -0.391 e. The third-order valence-corrected chi connectivity index (χ3v) is 6.74. The molecule has 1 aliphatic carbocycles. The van der Waals surface area contributed by atoms with Crippen molar-refractivity contribution in [1.82, 2.24) is 19.9 Å². The van der Waals surface area contributed by atoms with Gasteiger partial charge < -0.3 is 21.1 Å². The van der Waals surface area contributed by atoms with Crippen LogP contribution in [0.5, 0.6) is 0 Å². The lowest BCUT2D eigenvalue weighted by Crippen LogP contribution is -2.48. The summed E-state index contributed by atoms with van der Waals surface area (Å²) in [5.74, 6) is -1.24. The second-order valence-corrected chi connectivity index (χ2v) is 9.32. The maximum Gasteiger partial charge on any atom is 0.433 e. The zero-order chi connectivity index (χ0) is 25.9. The quantitative estimate of drug-likeness (QED) is 0.438. The lowest BCUT2D eigenvalue weighted by atomic mass is 9.91. The molecule has 0 unspecified atom stereocenters. The molecule has 2 aromatic heterocycles. The lowest BCUT2D eigenvalue weighted by Gasteiger charge is -2.38. The highest BCUT2D eigenvalue weighted by atomic mass is 19.4. The van der Waals surface area contributed by atoms with Gasteiger partial charge in [-0.2, -0.15) is 17.6 Å². The van der Waals surface area contributed by atoms with Crippen LogP contribution < -0.4 is 16.0 Å². The number of likely N-dealkylation sites (tertiary alicyclic amines) is 1. The Hall–Kier alpha value is -3.06. The van der Waals surface area contributed by atoms with E-state index in [0.29, 0.717) is 25.1 Å². The normalized spacial score (nSPS) is 21.1. The van der Waals surface area contributed by atoms with Crippen LogP contribution in [-0.4, -0.2) is 69.2 Å². The standard InChI is InChI=1S/C23H29F4N7O2/c24-20-21(30-9-15-6-7-33(11-17(15)35)12-19(28)36)31-13-32-22(20)34(16-2-1-3-16)10-14-4-5-18(29-8-14)23(25,26)27/h4-5,8,13,15-17,35H,1-3,6-7,9-12H2,(H2,28,36)(H,30,31,32)/t15-,17+/m0/s1. The summed E-state index contributed by atoms with van der Waals surface area (Å²) in [5.41, 5.74) is 4.74. The van der Waals surface area contributed by atoms with Gasteiger partial charge in [-0.3, -0.25) is 14.7 Å². The Labute approximate surface area is 205 Å². The molecular formula is C23H29F4N7O2. The van der Waals surface area contributed by atoms with Crippen molar-refractivity contribution in [2.45, 2.75) is 50.6 Å². The molecule has 196 valence electrons. The topological polar surface area (TPSA) is 120 Å². The third-order valence-electron chi connectivity index (χ3n) is 6.74. The Kier molecular flexibility index (Phi) is 7.88. The number of primary amides is 1. The van der Waals surface area contributed by atoms with Gasteiger partial charge in [0.1, 0.15) is 12.0 Å². The fourth-order valence-corrected chi connectivity index (χ4v) is 4.52. The number of carbonyl (C=O) groups excluding carboxylic acids is 1. The van der Waals surface area contributed by atoms with Gasteiger partial charge in [0, 0.05) is 37.8 Å². The highest BCUT2D eigenvalue weighted by Crippen LogP contribution is 2.33. The first-order chi connectivity index (χ1) is 17.1. The summed E-state index contributed by atoms with van der Waals surface area (Å²) in [6.45, 7) is 1.38. The van der Waals surface area contributed by atoms with Gasteiger partial charge in [-0.05, 0) is 43.9 Å². The SMILES string of the molecule is NC(=O)CN1CC[C@@H](CNc2ncnc(N(Cc3ccc(C(F)(F)F)nc3)C3CCC3)c2F)[C@H](O)C1. The molecule has 9 nitrogen and oxygen atoms in total. The summed E-state index contributed by atoms with van der Waals surface area (Å²) < 4.78 is 54.1. The number of aliphatic hydroxyl groups excluding tert-OH is 1. The maximum atomic E-state index is 15.5. The van der Waals surface area contributed by atoms with Crippen molar-refractivity contribution >= 4 is 17.5 Å². The molecule has 1 saturated carbocycles. The molecule has 2 aliphatic rings. The Bertz CT molecular complexity index is 1050. The van der Waals surface area contributed by atoms with Gasteiger partial charge in [0.25, 0.3) is 0 Å². The molecular weight excluding hydrogens is 482 g/mol. The largest absolute Gasteiger partial charge is 0.433 e. The van der Waals surface area contributed by atoms with E-state index in [-0.39, 0.29) is 43.2 Å². The van der Waals surface area contributed by atoms with Crippen LogP contribution in [0.25, 0.3) is 0 Å². The summed E-state index contributed by atoms with van der Waals surface area (Å²) in [6, 6.07) is 2.25. The number of pyridine rings is 1. The summed E-state index contributed by atoms with van der Waals surface area (Å²) in [6.07, 6.45) is 0.340. The molecule has 13 heteroatoms. The fourth-order valence-electron chi connectivity index (χ4n) is 4.52. The van der Waals surface area contributed by atoms with Crippen LogP contribution in [0.1, 0.15) is 36.9 Å². The molecule has 1 amide bonds. The van der Waals surface area contributed by atoms with Crippen molar-refractivity contribution < 1.29 is 27.5 Å². The molecule has 0 spiro atoms. The molecule has 1 saturated heterocycles. The number of hydrogen-bond acceptors (Lipinski definition) is 8.